The molecule has 0 aromatic carbocycles. The maximum absolute atomic E-state index is 9.85. The fraction of sp³-hybridized carbons (Fsp3) is 0.500. The molecule has 0 aromatic rings. The second-order valence-corrected chi connectivity index (χ2v) is 1.54. The Bertz CT molecular complexity index is 140. The quantitative estimate of drug-likeness (QED) is 0.416. The van der Waals surface area contributed by atoms with Crippen molar-refractivity contribution in [2.75, 3.05) is 0 Å². The Kier molecular flexibility index (Phi) is 21.8. The van der Waals surface area contributed by atoms with E-state index in [1.54, 1.807) is 0 Å². The summed E-state index contributed by atoms with van der Waals surface area (Å²) < 4.78 is 0. The standard InChI is InChI=1S/C4H7NO4.K.2H2O/c5-2(4(8)9)1-3(6)7;;;/h2H,1,5H2,(H,6,7)(H,8,9);;2*1H2/t2-;;;/m0.../s1. The molecule has 0 aliphatic rings. The molecule has 0 rings (SSSR count). The minimum absolute atomic E-state index is 0. The Balaban J connectivity index is -0.000000107. The summed E-state index contributed by atoms with van der Waals surface area (Å²) in [4.78, 5) is 19.6. The fourth-order valence-corrected chi connectivity index (χ4v) is 0.275. The predicted octanol–water partition coefficient (Wildman–Crippen LogP) is -3.16. The van der Waals surface area contributed by atoms with Crippen LogP contribution in [0.4, 0.5) is 0 Å². The average Bonchev–Trinajstić information content (AvgIpc) is 1.63. The zero-order chi connectivity index (χ0) is 7.44. The third-order valence-electron chi connectivity index (χ3n) is 0.712. The van der Waals surface area contributed by atoms with Crippen LogP contribution in [0, 0.1) is 0 Å². The van der Waals surface area contributed by atoms with Gasteiger partial charge in [-0.25, -0.2) is 0 Å². The Hall–Kier alpha value is 0.456. The summed E-state index contributed by atoms with van der Waals surface area (Å²) in [6.45, 7) is 0. The number of hydrogen-bond donors (Lipinski definition) is 3. The van der Waals surface area contributed by atoms with Crippen LogP contribution in [0.5, 0.6) is 0 Å². The van der Waals surface area contributed by atoms with Crippen molar-refractivity contribution in [1.82, 2.24) is 0 Å². The first-order chi connectivity index (χ1) is 4.04. The van der Waals surface area contributed by atoms with Gasteiger partial charge < -0.3 is 26.9 Å². The van der Waals surface area contributed by atoms with Crippen LogP contribution < -0.4 is 5.73 Å². The average molecular weight is 208 g/mol. The van der Waals surface area contributed by atoms with Gasteiger partial charge in [0.25, 0.3) is 0 Å². The number of rotatable bonds is 3. The summed E-state index contributed by atoms with van der Waals surface area (Å²) in [5, 5.41) is 16.0. The molecule has 12 heavy (non-hydrogen) atoms. The molecule has 0 unspecified atom stereocenters. The van der Waals surface area contributed by atoms with Gasteiger partial charge in [0.1, 0.15) is 6.04 Å². The van der Waals surface area contributed by atoms with E-state index in [2.05, 4.69) is 0 Å². The number of aliphatic carboxylic acids is 2. The van der Waals surface area contributed by atoms with Gasteiger partial charge >= 0.3 is 11.9 Å². The summed E-state index contributed by atoms with van der Waals surface area (Å²) in [5.41, 5.74) is 4.84. The van der Waals surface area contributed by atoms with Crippen LogP contribution in [0.1, 0.15) is 6.42 Å². The van der Waals surface area contributed by atoms with Crippen molar-refractivity contribution in [3.63, 3.8) is 0 Å². The van der Waals surface area contributed by atoms with Gasteiger partial charge in [0.2, 0.25) is 0 Å². The molecule has 1 radical (unpaired) electrons. The molecule has 0 bridgehead atoms. The van der Waals surface area contributed by atoms with Gasteiger partial charge in [0, 0.05) is 51.4 Å². The van der Waals surface area contributed by atoms with Crippen LogP contribution in [-0.4, -0.2) is 90.5 Å². The van der Waals surface area contributed by atoms with Crippen molar-refractivity contribution in [3.05, 3.63) is 0 Å². The summed E-state index contributed by atoms with van der Waals surface area (Å²) in [5.74, 6) is -2.50. The van der Waals surface area contributed by atoms with Crippen LogP contribution in [0.2, 0.25) is 0 Å². The first-order valence-electron chi connectivity index (χ1n) is 2.24. The van der Waals surface area contributed by atoms with E-state index in [0.29, 0.717) is 0 Å². The normalized spacial score (nSPS) is 9.42. The Morgan fingerprint density at radius 3 is 1.67 bits per heavy atom. The van der Waals surface area contributed by atoms with E-state index in [0.717, 1.165) is 0 Å². The first-order valence-corrected chi connectivity index (χ1v) is 2.24. The molecule has 7 nitrogen and oxygen atoms in total. The van der Waals surface area contributed by atoms with Crippen molar-refractivity contribution < 1.29 is 30.8 Å². The van der Waals surface area contributed by atoms with Crippen LogP contribution in [0.15, 0.2) is 0 Å². The van der Waals surface area contributed by atoms with Gasteiger partial charge in [-0.15, -0.1) is 0 Å². The molecule has 0 amide bonds. The molecule has 1 atom stereocenters. The van der Waals surface area contributed by atoms with Crippen molar-refractivity contribution in [2.45, 2.75) is 12.5 Å². The zero-order valence-corrected chi connectivity index (χ0v) is 9.70. The Morgan fingerprint density at radius 2 is 1.58 bits per heavy atom. The van der Waals surface area contributed by atoms with E-state index in [4.69, 9.17) is 15.9 Å². The zero-order valence-electron chi connectivity index (χ0n) is 6.57. The largest absolute Gasteiger partial charge is 0.481 e. The van der Waals surface area contributed by atoms with E-state index >= 15 is 0 Å². The number of carboxylic acids is 2. The van der Waals surface area contributed by atoms with Crippen molar-refractivity contribution in [2.24, 2.45) is 5.73 Å². The third-order valence-corrected chi connectivity index (χ3v) is 0.712. The van der Waals surface area contributed by atoms with Crippen LogP contribution in [0.25, 0.3) is 0 Å². The van der Waals surface area contributed by atoms with E-state index in [1.165, 1.54) is 0 Å². The van der Waals surface area contributed by atoms with Crippen molar-refractivity contribution >= 4 is 63.3 Å². The van der Waals surface area contributed by atoms with E-state index in [1.807, 2.05) is 0 Å². The summed E-state index contributed by atoms with van der Waals surface area (Å²) in [6, 6.07) is -1.29. The van der Waals surface area contributed by atoms with Gasteiger partial charge in [-0.2, -0.15) is 0 Å². The van der Waals surface area contributed by atoms with Gasteiger partial charge in [-0.05, 0) is 0 Å². The number of carbonyl (C=O) groups is 2. The molecule has 0 saturated carbocycles. The molecule has 0 aromatic heterocycles. The second kappa shape index (κ2) is 11.5. The second-order valence-electron chi connectivity index (χ2n) is 1.54. The summed E-state index contributed by atoms with van der Waals surface area (Å²) >= 11 is 0. The van der Waals surface area contributed by atoms with Crippen molar-refractivity contribution in [1.29, 1.82) is 0 Å². The summed E-state index contributed by atoms with van der Waals surface area (Å²) in [7, 11) is 0. The predicted molar refractivity (Wildman–Crippen MR) is 40.8 cm³/mol. The first kappa shape index (κ1) is 22.9. The summed E-state index contributed by atoms with van der Waals surface area (Å²) in [6.07, 6.45) is -0.532. The molecule has 8 heteroatoms. The van der Waals surface area contributed by atoms with Crippen molar-refractivity contribution in [3.8, 4) is 0 Å². The molecule has 0 aliphatic heterocycles. The number of nitrogens with two attached hydrogens (primary N) is 1. The van der Waals surface area contributed by atoms with E-state index in [-0.39, 0.29) is 62.3 Å². The Morgan fingerprint density at radius 1 is 1.25 bits per heavy atom. The molecule has 8 N–H and O–H groups in total. The molecular formula is C4H11KNO6. The molecular weight excluding hydrogens is 197 g/mol. The van der Waals surface area contributed by atoms with Gasteiger partial charge in [0.05, 0.1) is 6.42 Å². The fourth-order valence-electron chi connectivity index (χ4n) is 0.275. The maximum Gasteiger partial charge on any atom is 0.321 e. The van der Waals surface area contributed by atoms with E-state index in [9.17, 15) is 9.59 Å². The molecule has 0 spiro atoms. The molecule has 0 saturated heterocycles. The van der Waals surface area contributed by atoms with Crippen LogP contribution >= 0.6 is 0 Å². The van der Waals surface area contributed by atoms with E-state index < -0.39 is 24.4 Å². The minimum atomic E-state index is -1.29. The number of carboxylic acid groups (broad SMARTS) is 2. The van der Waals surface area contributed by atoms with Crippen LogP contribution in [0.3, 0.4) is 0 Å². The van der Waals surface area contributed by atoms with Gasteiger partial charge in [-0.3, -0.25) is 9.59 Å². The molecule has 0 aliphatic carbocycles. The Labute approximate surface area is 111 Å². The third kappa shape index (κ3) is 13.1. The SMILES string of the molecule is N[C@@H](CC(=O)O)C(=O)O.O.O.[K]. The maximum atomic E-state index is 9.85. The molecule has 0 heterocycles. The topological polar surface area (TPSA) is 164 Å². The number of hydrogen-bond acceptors (Lipinski definition) is 3. The molecule has 69 valence electrons. The smallest absolute Gasteiger partial charge is 0.321 e. The van der Waals surface area contributed by atoms with Gasteiger partial charge in [-0.1, -0.05) is 0 Å². The molecule has 0 fully saturated rings. The minimum Gasteiger partial charge on any atom is -0.481 e. The monoisotopic (exact) mass is 208 g/mol. The van der Waals surface area contributed by atoms with Gasteiger partial charge in [0.15, 0.2) is 0 Å². The van der Waals surface area contributed by atoms with Crippen LogP contribution in [-0.2, 0) is 9.59 Å².